The summed E-state index contributed by atoms with van der Waals surface area (Å²) in [7, 11) is 0. The van der Waals surface area contributed by atoms with Gasteiger partial charge in [-0.25, -0.2) is 4.79 Å². The molecule has 0 spiro atoms. The van der Waals surface area contributed by atoms with E-state index in [0.29, 0.717) is 13.1 Å². The summed E-state index contributed by atoms with van der Waals surface area (Å²) >= 11 is 1.61. The molecule has 4 nitrogen and oxygen atoms in total. The summed E-state index contributed by atoms with van der Waals surface area (Å²) in [4.78, 5) is 15.1. The molecular formula is C15H21N3OS. The second kappa shape index (κ2) is 7.32. The van der Waals surface area contributed by atoms with E-state index in [1.807, 2.05) is 16.3 Å². The summed E-state index contributed by atoms with van der Waals surface area (Å²) in [5.41, 5.74) is 6.31. The van der Waals surface area contributed by atoms with Crippen LogP contribution in [0.3, 0.4) is 0 Å². The fourth-order valence-corrected chi connectivity index (χ4v) is 2.93. The minimum Gasteiger partial charge on any atom is -0.333 e. The van der Waals surface area contributed by atoms with Crippen LogP contribution >= 0.6 is 11.3 Å². The SMILES string of the molecule is CC1CCN(C(=O)NCc2cc(C#CCN)cs2)CC1. The number of thiophene rings is 1. The van der Waals surface area contributed by atoms with Gasteiger partial charge in [0, 0.05) is 28.9 Å². The highest BCUT2D eigenvalue weighted by atomic mass is 32.1. The van der Waals surface area contributed by atoms with Gasteiger partial charge in [0.05, 0.1) is 13.1 Å². The number of urea groups is 1. The number of hydrogen-bond acceptors (Lipinski definition) is 3. The van der Waals surface area contributed by atoms with Crippen molar-refractivity contribution in [2.75, 3.05) is 19.6 Å². The average Bonchev–Trinajstić information content (AvgIpc) is 2.91. The molecule has 0 radical (unpaired) electrons. The van der Waals surface area contributed by atoms with Gasteiger partial charge < -0.3 is 16.0 Å². The minimum atomic E-state index is 0.0416. The zero-order valence-electron chi connectivity index (χ0n) is 11.8. The van der Waals surface area contributed by atoms with E-state index in [1.54, 1.807) is 11.3 Å². The predicted octanol–water partition coefficient (Wildman–Crippen LogP) is 2.00. The molecule has 0 saturated carbocycles. The van der Waals surface area contributed by atoms with Crippen molar-refractivity contribution in [1.29, 1.82) is 0 Å². The van der Waals surface area contributed by atoms with Crippen LogP contribution in [-0.2, 0) is 6.54 Å². The van der Waals surface area contributed by atoms with Gasteiger partial charge in [-0.05, 0) is 24.8 Å². The Morgan fingerprint density at radius 2 is 2.30 bits per heavy atom. The Balaban J connectivity index is 1.79. The lowest BCUT2D eigenvalue weighted by molar-refractivity contribution is 0.173. The van der Waals surface area contributed by atoms with E-state index >= 15 is 0 Å². The van der Waals surface area contributed by atoms with Gasteiger partial charge in [0.1, 0.15) is 0 Å². The molecule has 1 aliphatic rings. The Morgan fingerprint density at radius 1 is 1.55 bits per heavy atom. The third kappa shape index (κ3) is 4.26. The van der Waals surface area contributed by atoms with Crippen molar-refractivity contribution in [3.05, 3.63) is 21.9 Å². The summed E-state index contributed by atoms with van der Waals surface area (Å²) in [5, 5.41) is 4.97. The van der Waals surface area contributed by atoms with Crippen molar-refractivity contribution in [3.8, 4) is 11.8 Å². The van der Waals surface area contributed by atoms with Crippen LogP contribution < -0.4 is 11.1 Å². The molecule has 108 valence electrons. The topological polar surface area (TPSA) is 58.4 Å². The van der Waals surface area contributed by atoms with Gasteiger partial charge in [0.15, 0.2) is 0 Å². The highest BCUT2D eigenvalue weighted by Gasteiger charge is 2.19. The molecular weight excluding hydrogens is 270 g/mol. The average molecular weight is 291 g/mol. The molecule has 1 saturated heterocycles. The van der Waals surface area contributed by atoms with E-state index in [1.165, 1.54) is 0 Å². The maximum atomic E-state index is 12.0. The largest absolute Gasteiger partial charge is 0.333 e. The highest BCUT2D eigenvalue weighted by molar-refractivity contribution is 7.10. The van der Waals surface area contributed by atoms with Crippen molar-refractivity contribution < 1.29 is 4.79 Å². The summed E-state index contributed by atoms with van der Waals surface area (Å²) < 4.78 is 0. The molecule has 1 fully saturated rings. The number of nitrogens with zero attached hydrogens (tertiary/aromatic N) is 1. The van der Waals surface area contributed by atoms with E-state index in [-0.39, 0.29) is 6.03 Å². The molecule has 0 aromatic carbocycles. The maximum Gasteiger partial charge on any atom is 0.317 e. The lowest BCUT2D eigenvalue weighted by Gasteiger charge is -2.30. The molecule has 0 bridgehead atoms. The van der Waals surface area contributed by atoms with Crippen LogP contribution in [0.25, 0.3) is 0 Å². The van der Waals surface area contributed by atoms with Crippen LogP contribution in [0.4, 0.5) is 4.79 Å². The number of carbonyl (C=O) groups excluding carboxylic acids is 1. The number of hydrogen-bond donors (Lipinski definition) is 2. The lowest BCUT2D eigenvalue weighted by Crippen LogP contribution is -2.43. The third-order valence-electron chi connectivity index (χ3n) is 3.47. The minimum absolute atomic E-state index is 0.0416. The van der Waals surface area contributed by atoms with Crippen molar-refractivity contribution in [2.24, 2.45) is 11.7 Å². The summed E-state index contributed by atoms with van der Waals surface area (Å²) in [6.45, 7) is 4.91. The van der Waals surface area contributed by atoms with Gasteiger partial charge >= 0.3 is 6.03 Å². The van der Waals surface area contributed by atoms with Gasteiger partial charge in [-0.1, -0.05) is 18.8 Å². The molecule has 2 amide bonds. The Morgan fingerprint density at radius 3 is 3.00 bits per heavy atom. The van der Waals surface area contributed by atoms with E-state index in [9.17, 15) is 4.79 Å². The number of amides is 2. The number of rotatable bonds is 2. The fraction of sp³-hybridized carbons (Fsp3) is 0.533. The van der Waals surface area contributed by atoms with Crippen molar-refractivity contribution in [3.63, 3.8) is 0 Å². The zero-order chi connectivity index (χ0) is 14.4. The standard InChI is InChI=1S/C15H21N3OS/c1-12-4-7-18(8-5-12)15(19)17-10-14-9-13(11-20-14)3-2-6-16/h9,11-12H,4-8,10,16H2,1H3,(H,17,19). The summed E-state index contributed by atoms with van der Waals surface area (Å²) in [6, 6.07) is 2.05. The molecule has 3 N–H and O–H groups in total. The number of nitrogens with two attached hydrogens (primary N) is 1. The van der Waals surface area contributed by atoms with Crippen molar-refractivity contribution in [2.45, 2.75) is 26.3 Å². The van der Waals surface area contributed by atoms with E-state index in [2.05, 4.69) is 24.1 Å². The van der Waals surface area contributed by atoms with Crippen LogP contribution in [-0.4, -0.2) is 30.6 Å². The predicted molar refractivity (Wildman–Crippen MR) is 82.5 cm³/mol. The van der Waals surface area contributed by atoms with Crippen LogP contribution in [0.15, 0.2) is 11.4 Å². The maximum absolute atomic E-state index is 12.0. The monoisotopic (exact) mass is 291 g/mol. The molecule has 20 heavy (non-hydrogen) atoms. The second-order valence-electron chi connectivity index (χ2n) is 5.14. The lowest BCUT2D eigenvalue weighted by atomic mass is 10.00. The normalized spacial score (nSPS) is 15.6. The Hall–Kier alpha value is -1.51. The van der Waals surface area contributed by atoms with Crippen molar-refractivity contribution in [1.82, 2.24) is 10.2 Å². The fourth-order valence-electron chi connectivity index (χ4n) is 2.18. The molecule has 2 heterocycles. The van der Waals surface area contributed by atoms with E-state index in [4.69, 9.17) is 5.73 Å². The van der Waals surface area contributed by atoms with E-state index in [0.717, 1.165) is 42.3 Å². The molecule has 0 aliphatic carbocycles. The Kier molecular flexibility index (Phi) is 5.45. The second-order valence-corrected chi connectivity index (χ2v) is 6.13. The van der Waals surface area contributed by atoms with Gasteiger partial charge in [-0.2, -0.15) is 0 Å². The first kappa shape index (κ1) is 14.9. The van der Waals surface area contributed by atoms with Crippen LogP contribution in [0.2, 0.25) is 0 Å². The molecule has 0 unspecified atom stereocenters. The summed E-state index contributed by atoms with van der Waals surface area (Å²) in [5.74, 6) is 6.56. The van der Waals surface area contributed by atoms with Crippen molar-refractivity contribution >= 4 is 17.4 Å². The smallest absolute Gasteiger partial charge is 0.317 e. The molecule has 1 aliphatic heterocycles. The number of likely N-dealkylation sites (tertiary alicyclic amines) is 1. The molecule has 1 aromatic rings. The quantitative estimate of drug-likeness (QED) is 0.819. The van der Waals surface area contributed by atoms with E-state index < -0.39 is 0 Å². The molecule has 5 heteroatoms. The van der Waals surface area contributed by atoms with Gasteiger partial charge in [-0.3, -0.25) is 0 Å². The number of nitrogens with one attached hydrogen (secondary N) is 1. The molecule has 2 rings (SSSR count). The first-order valence-corrected chi connectivity index (χ1v) is 7.86. The number of piperidine rings is 1. The van der Waals surface area contributed by atoms with Gasteiger partial charge in [-0.15, -0.1) is 11.3 Å². The third-order valence-corrected chi connectivity index (χ3v) is 4.41. The van der Waals surface area contributed by atoms with Crippen LogP contribution in [0.1, 0.15) is 30.2 Å². The highest BCUT2D eigenvalue weighted by Crippen LogP contribution is 2.17. The van der Waals surface area contributed by atoms with Crippen LogP contribution in [0, 0.1) is 17.8 Å². The van der Waals surface area contributed by atoms with Gasteiger partial charge in [0.2, 0.25) is 0 Å². The zero-order valence-corrected chi connectivity index (χ0v) is 12.6. The first-order chi connectivity index (χ1) is 9.69. The summed E-state index contributed by atoms with van der Waals surface area (Å²) in [6.07, 6.45) is 2.20. The number of carbonyl (C=O) groups is 1. The Labute approximate surface area is 124 Å². The van der Waals surface area contributed by atoms with Crippen LogP contribution in [0.5, 0.6) is 0 Å². The Bertz CT molecular complexity index is 507. The first-order valence-electron chi connectivity index (χ1n) is 6.98. The molecule has 1 aromatic heterocycles. The van der Waals surface area contributed by atoms with Gasteiger partial charge in [0.25, 0.3) is 0 Å². The molecule has 0 atom stereocenters.